The number of ether oxygens (including phenoxy) is 7. The molecular formula is C31H44O16. The quantitative estimate of drug-likeness (QED) is 0.0580. The summed E-state index contributed by atoms with van der Waals surface area (Å²) in [6.07, 6.45) is -12.5. The summed E-state index contributed by atoms with van der Waals surface area (Å²) in [6, 6.07) is 0. The molecule has 3 heterocycles. The van der Waals surface area contributed by atoms with E-state index in [9.17, 15) is 39.6 Å². The van der Waals surface area contributed by atoms with Crippen LogP contribution in [0.25, 0.3) is 0 Å². The second kappa shape index (κ2) is 13.0. The van der Waals surface area contributed by atoms with E-state index in [1.54, 1.807) is 19.9 Å². The van der Waals surface area contributed by atoms with Crippen LogP contribution in [-0.2, 0) is 52.3 Å². The number of carboxylic acid groups (broad SMARTS) is 1. The van der Waals surface area contributed by atoms with Crippen LogP contribution in [0.1, 0.15) is 53.9 Å². The van der Waals surface area contributed by atoms with Crippen LogP contribution in [0.5, 0.6) is 0 Å². The zero-order valence-electron chi connectivity index (χ0n) is 26.9. The van der Waals surface area contributed by atoms with Crippen molar-refractivity contribution in [2.24, 2.45) is 16.7 Å². The van der Waals surface area contributed by atoms with Gasteiger partial charge in [0.1, 0.15) is 68.0 Å². The highest BCUT2D eigenvalue weighted by Gasteiger charge is 2.85. The maximum absolute atomic E-state index is 12.8. The van der Waals surface area contributed by atoms with Crippen molar-refractivity contribution in [1.29, 1.82) is 0 Å². The number of aliphatic hydroxyl groups excluding tert-OH is 4. The van der Waals surface area contributed by atoms with Crippen molar-refractivity contribution in [3.05, 3.63) is 11.6 Å². The molecular weight excluding hydrogens is 628 g/mol. The van der Waals surface area contributed by atoms with Gasteiger partial charge in [-0.3, -0.25) is 19.2 Å². The van der Waals surface area contributed by atoms with Gasteiger partial charge >= 0.3 is 23.9 Å². The Labute approximate surface area is 270 Å². The summed E-state index contributed by atoms with van der Waals surface area (Å²) in [7, 11) is 0. The lowest BCUT2D eigenvalue weighted by Gasteiger charge is -2.58. The summed E-state index contributed by atoms with van der Waals surface area (Å²) >= 11 is 0. The van der Waals surface area contributed by atoms with Crippen molar-refractivity contribution in [3.8, 4) is 0 Å². The molecule has 0 aromatic heterocycles. The lowest BCUT2D eigenvalue weighted by molar-refractivity contribution is -0.322. The number of aliphatic hydroxyl groups is 4. The third kappa shape index (κ3) is 6.07. The molecule has 0 amide bonds. The maximum Gasteiger partial charge on any atom is 0.317 e. The molecule has 5 N–H and O–H groups in total. The Kier molecular flexibility index (Phi) is 9.82. The van der Waals surface area contributed by atoms with Crippen molar-refractivity contribution in [2.75, 3.05) is 19.8 Å². The minimum atomic E-state index is -1.83. The molecule has 2 bridgehead atoms. The van der Waals surface area contributed by atoms with Crippen LogP contribution in [-0.4, -0.2) is 136 Å². The molecule has 4 fully saturated rings. The monoisotopic (exact) mass is 672 g/mol. The van der Waals surface area contributed by atoms with Gasteiger partial charge in [0.05, 0.1) is 18.8 Å². The van der Waals surface area contributed by atoms with Crippen molar-refractivity contribution in [1.82, 2.24) is 0 Å². The molecule has 47 heavy (non-hydrogen) atoms. The Morgan fingerprint density at radius 1 is 1.02 bits per heavy atom. The molecule has 16 nitrogen and oxygen atoms in total. The molecule has 2 aliphatic carbocycles. The van der Waals surface area contributed by atoms with Crippen LogP contribution in [0.3, 0.4) is 0 Å². The highest BCUT2D eigenvalue weighted by molar-refractivity contribution is 5.90. The van der Waals surface area contributed by atoms with Gasteiger partial charge in [0, 0.05) is 30.6 Å². The zero-order chi connectivity index (χ0) is 34.6. The predicted octanol–water partition coefficient (Wildman–Crippen LogP) is -1.03. The summed E-state index contributed by atoms with van der Waals surface area (Å²) in [6.45, 7) is 7.85. The molecule has 5 rings (SSSR count). The van der Waals surface area contributed by atoms with Crippen LogP contribution in [0, 0.1) is 16.7 Å². The first-order chi connectivity index (χ1) is 22.0. The van der Waals surface area contributed by atoms with Crippen LogP contribution in [0.15, 0.2) is 11.6 Å². The lowest BCUT2D eigenvalue weighted by Crippen LogP contribution is -2.67. The van der Waals surface area contributed by atoms with E-state index in [-0.39, 0.29) is 32.0 Å². The molecule has 0 aromatic carbocycles. The molecule has 1 saturated carbocycles. The standard InChI is InChI=1S/C31H44O16/c1-13(2)6-21(36)44-16-9-30(11-42-15(4)32)18(7-14(16)3)46-27-25(26(40)29(30,5)31(27)12-43-31)47-28-24(39)23(38)22(37)17(45-28)10-41-20(35)8-19(33)34/h7,13,16-18,22-28,37-40H,6,8-12H2,1-5H3,(H,33,34)/t16-,17+,18+,22+,23-,24+,25+,26+,27+,28-,29+,30+,31-/m0/s1. The van der Waals surface area contributed by atoms with Gasteiger partial charge in [-0.2, -0.15) is 0 Å². The van der Waals surface area contributed by atoms with Gasteiger partial charge in [-0.25, -0.2) is 0 Å². The topological polar surface area (TPSA) is 237 Å². The van der Waals surface area contributed by atoms with Gasteiger partial charge in [0.2, 0.25) is 0 Å². The van der Waals surface area contributed by atoms with Gasteiger partial charge in [0.25, 0.3) is 0 Å². The number of carbonyl (C=O) groups excluding carboxylic acids is 3. The Morgan fingerprint density at radius 3 is 2.30 bits per heavy atom. The van der Waals surface area contributed by atoms with E-state index < -0.39 is 115 Å². The average Bonchev–Trinajstić information content (AvgIpc) is 3.76. The Bertz CT molecular complexity index is 1280. The number of fused-ring (bicyclic) bond motifs is 2. The number of esters is 3. The molecule has 3 aliphatic heterocycles. The van der Waals surface area contributed by atoms with Crippen LogP contribution in [0.2, 0.25) is 0 Å². The smallest absolute Gasteiger partial charge is 0.317 e. The van der Waals surface area contributed by atoms with E-state index in [0.29, 0.717) is 5.57 Å². The average molecular weight is 673 g/mol. The van der Waals surface area contributed by atoms with Crippen molar-refractivity contribution in [2.45, 2.75) is 121 Å². The normalized spacial score (nSPS) is 43.6. The molecule has 264 valence electrons. The fourth-order valence-corrected chi connectivity index (χ4v) is 7.71. The highest BCUT2D eigenvalue weighted by Crippen LogP contribution is 2.72. The number of hydrogen-bond acceptors (Lipinski definition) is 15. The molecule has 16 heteroatoms. The molecule has 1 spiro atoms. The van der Waals surface area contributed by atoms with Gasteiger partial charge in [-0.1, -0.05) is 26.8 Å². The Hall–Kier alpha value is -2.70. The van der Waals surface area contributed by atoms with E-state index in [4.69, 9.17) is 38.3 Å². The van der Waals surface area contributed by atoms with Gasteiger partial charge in [-0.05, 0) is 18.4 Å². The fourth-order valence-electron chi connectivity index (χ4n) is 7.71. The number of carbonyl (C=O) groups is 4. The molecule has 0 unspecified atom stereocenters. The largest absolute Gasteiger partial charge is 0.481 e. The van der Waals surface area contributed by atoms with Crippen LogP contribution >= 0.6 is 0 Å². The summed E-state index contributed by atoms with van der Waals surface area (Å²) < 4.78 is 40.9. The molecule has 5 aliphatic rings. The minimum Gasteiger partial charge on any atom is -0.481 e. The van der Waals surface area contributed by atoms with Crippen molar-refractivity contribution in [3.63, 3.8) is 0 Å². The number of aliphatic carboxylic acids is 1. The van der Waals surface area contributed by atoms with E-state index in [1.165, 1.54) is 6.92 Å². The lowest BCUT2D eigenvalue weighted by atomic mass is 9.51. The number of rotatable bonds is 11. The summed E-state index contributed by atoms with van der Waals surface area (Å²) in [5.74, 6) is -3.47. The first kappa shape index (κ1) is 35.6. The van der Waals surface area contributed by atoms with Crippen LogP contribution < -0.4 is 0 Å². The maximum atomic E-state index is 12.8. The first-order valence-corrected chi connectivity index (χ1v) is 15.7. The van der Waals surface area contributed by atoms with E-state index in [0.717, 1.165) is 0 Å². The predicted molar refractivity (Wildman–Crippen MR) is 153 cm³/mol. The van der Waals surface area contributed by atoms with Gasteiger partial charge in [-0.15, -0.1) is 0 Å². The Morgan fingerprint density at radius 2 is 1.70 bits per heavy atom. The SMILES string of the molecule is CC(=O)OC[C@]12C[C@H](OC(=O)CC(C)C)C(C)=C[C@H]1O[C@@H]1[C@H](O[C@@H]3O[C@H](COC(=O)CC(=O)O)[C@@H](O)[C@H](O)[C@H]3O)[C@@H](O)[C@@]2(C)[C@]12CO2. The number of hydrogen-bond donors (Lipinski definition) is 5. The van der Waals surface area contributed by atoms with E-state index >= 15 is 0 Å². The molecule has 0 aromatic rings. The molecule has 13 atom stereocenters. The third-order valence-corrected chi connectivity index (χ3v) is 10.4. The summed E-state index contributed by atoms with van der Waals surface area (Å²) in [4.78, 5) is 47.5. The highest BCUT2D eigenvalue weighted by atomic mass is 16.7. The minimum absolute atomic E-state index is 0.0560. The van der Waals surface area contributed by atoms with E-state index in [2.05, 4.69) is 0 Å². The molecule has 3 saturated heterocycles. The third-order valence-electron chi connectivity index (χ3n) is 10.4. The van der Waals surface area contributed by atoms with Gasteiger partial charge < -0.3 is 58.7 Å². The second-order valence-corrected chi connectivity index (χ2v) is 13.8. The van der Waals surface area contributed by atoms with E-state index in [1.807, 2.05) is 13.8 Å². The Balaban J connectivity index is 1.44. The zero-order valence-corrected chi connectivity index (χ0v) is 26.9. The fraction of sp³-hybridized carbons (Fsp3) is 0.806. The molecule has 0 radical (unpaired) electrons. The first-order valence-electron chi connectivity index (χ1n) is 15.7. The summed E-state index contributed by atoms with van der Waals surface area (Å²) in [5, 5.41) is 52.9. The second-order valence-electron chi connectivity index (χ2n) is 13.8. The number of carboxylic acids is 1. The van der Waals surface area contributed by atoms with Crippen LogP contribution in [0.4, 0.5) is 0 Å². The number of epoxide rings is 1. The van der Waals surface area contributed by atoms with Crippen molar-refractivity contribution >= 4 is 23.9 Å². The van der Waals surface area contributed by atoms with Crippen molar-refractivity contribution < 1.29 is 77.9 Å². The summed E-state index contributed by atoms with van der Waals surface area (Å²) in [5.41, 5.74) is -2.88. The van der Waals surface area contributed by atoms with Gasteiger partial charge in [0.15, 0.2) is 6.29 Å².